The molecule has 0 amide bonds. The van der Waals surface area contributed by atoms with Crippen molar-refractivity contribution in [3.8, 4) is 0 Å². The first-order valence-electron chi connectivity index (χ1n) is 8.77. The van der Waals surface area contributed by atoms with Crippen LogP contribution in [0.2, 0.25) is 0 Å². The second-order valence-corrected chi connectivity index (χ2v) is 6.28. The molecule has 2 N–H and O–H groups in total. The normalized spacial score (nSPS) is 17.1. The number of hydrogen-bond donors (Lipinski definition) is 2. The molecule has 0 heterocycles. The number of methoxy groups -OCH3 is 1. The van der Waals surface area contributed by atoms with Gasteiger partial charge in [-0.25, -0.2) is 0 Å². The van der Waals surface area contributed by atoms with Gasteiger partial charge in [0, 0.05) is 33.4 Å². The fourth-order valence-corrected chi connectivity index (χ4v) is 3.10. The lowest BCUT2D eigenvalue weighted by atomic mass is 9.83. The summed E-state index contributed by atoms with van der Waals surface area (Å²) in [5.74, 6) is 0.984. The van der Waals surface area contributed by atoms with Gasteiger partial charge in [-0.3, -0.25) is 4.99 Å². The smallest absolute Gasteiger partial charge is 0.191 e. The van der Waals surface area contributed by atoms with Gasteiger partial charge >= 0.3 is 0 Å². The van der Waals surface area contributed by atoms with Crippen molar-refractivity contribution in [3.05, 3.63) is 0 Å². The molecule has 0 unspecified atom stereocenters. The molecule has 1 aliphatic carbocycles. The number of guanidine groups is 1. The molecule has 0 aromatic carbocycles. The van der Waals surface area contributed by atoms with Crippen LogP contribution in [0, 0.1) is 5.41 Å². The molecule has 0 bridgehead atoms. The summed E-state index contributed by atoms with van der Waals surface area (Å²) in [6, 6.07) is 0. The highest BCUT2D eigenvalue weighted by molar-refractivity contribution is 14.0. The molecule has 0 atom stereocenters. The maximum atomic E-state index is 5.30. The molecule has 0 saturated heterocycles. The first-order chi connectivity index (χ1) is 10.3. The highest BCUT2D eigenvalue weighted by atomic mass is 127. The lowest BCUT2D eigenvalue weighted by Crippen LogP contribution is -2.39. The number of halogens is 1. The summed E-state index contributed by atoms with van der Waals surface area (Å²) in [4.78, 5) is 4.86. The summed E-state index contributed by atoms with van der Waals surface area (Å²) >= 11 is 0. The van der Waals surface area contributed by atoms with Gasteiger partial charge in [0.1, 0.15) is 0 Å². The van der Waals surface area contributed by atoms with Crippen molar-refractivity contribution in [3.63, 3.8) is 0 Å². The maximum Gasteiger partial charge on any atom is 0.191 e. The summed E-state index contributed by atoms with van der Waals surface area (Å²) in [6.07, 6.45) is 10.2. The standard InChI is InChI=1S/C17H35N3O.HI/c1-4-6-9-13-19-16(18-5-2)20-15-17(12-14-21-3)10-7-8-11-17;/h4-15H2,1-3H3,(H2,18,19,20);1H. The van der Waals surface area contributed by atoms with Crippen LogP contribution in [0.25, 0.3) is 0 Å². The van der Waals surface area contributed by atoms with E-state index in [9.17, 15) is 0 Å². The van der Waals surface area contributed by atoms with Gasteiger partial charge in [0.2, 0.25) is 0 Å². The lowest BCUT2D eigenvalue weighted by Gasteiger charge is -2.27. The van der Waals surface area contributed by atoms with Crippen LogP contribution in [-0.4, -0.2) is 39.3 Å². The van der Waals surface area contributed by atoms with E-state index in [4.69, 9.17) is 9.73 Å². The topological polar surface area (TPSA) is 45.7 Å². The van der Waals surface area contributed by atoms with E-state index in [2.05, 4.69) is 24.5 Å². The highest BCUT2D eigenvalue weighted by Crippen LogP contribution is 2.41. The summed E-state index contributed by atoms with van der Waals surface area (Å²) in [5, 5.41) is 6.82. The molecule has 132 valence electrons. The quantitative estimate of drug-likeness (QED) is 0.241. The van der Waals surface area contributed by atoms with Gasteiger partial charge in [-0.15, -0.1) is 24.0 Å². The van der Waals surface area contributed by atoms with Gasteiger partial charge in [0.05, 0.1) is 0 Å². The van der Waals surface area contributed by atoms with E-state index >= 15 is 0 Å². The van der Waals surface area contributed by atoms with Crippen molar-refractivity contribution < 1.29 is 4.74 Å². The molecule has 0 spiro atoms. The van der Waals surface area contributed by atoms with Crippen LogP contribution in [0.5, 0.6) is 0 Å². The first kappa shape index (κ1) is 22.0. The van der Waals surface area contributed by atoms with Gasteiger partial charge in [0.25, 0.3) is 0 Å². The minimum Gasteiger partial charge on any atom is -0.385 e. The van der Waals surface area contributed by atoms with Crippen LogP contribution in [-0.2, 0) is 4.74 Å². The van der Waals surface area contributed by atoms with Crippen LogP contribution >= 0.6 is 24.0 Å². The Morgan fingerprint density at radius 1 is 1.14 bits per heavy atom. The number of rotatable bonds is 10. The monoisotopic (exact) mass is 425 g/mol. The molecule has 5 heteroatoms. The van der Waals surface area contributed by atoms with Crippen LogP contribution in [0.1, 0.15) is 65.2 Å². The summed E-state index contributed by atoms with van der Waals surface area (Å²) < 4.78 is 5.30. The van der Waals surface area contributed by atoms with Gasteiger partial charge < -0.3 is 15.4 Å². The molecule has 1 rings (SSSR count). The third-order valence-electron chi connectivity index (χ3n) is 4.49. The van der Waals surface area contributed by atoms with E-state index in [-0.39, 0.29) is 24.0 Å². The molecule has 4 nitrogen and oxygen atoms in total. The van der Waals surface area contributed by atoms with Gasteiger partial charge in [-0.1, -0.05) is 32.6 Å². The van der Waals surface area contributed by atoms with E-state index in [1.165, 1.54) is 44.9 Å². The van der Waals surface area contributed by atoms with E-state index in [0.29, 0.717) is 5.41 Å². The van der Waals surface area contributed by atoms with E-state index in [1.54, 1.807) is 7.11 Å². The van der Waals surface area contributed by atoms with E-state index in [0.717, 1.165) is 38.6 Å². The maximum absolute atomic E-state index is 5.30. The van der Waals surface area contributed by atoms with Crippen LogP contribution in [0.3, 0.4) is 0 Å². The van der Waals surface area contributed by atoms with Gasteiger partial charge in [0.15, 0.2) is 5.96 Å². The summed E-state index contributed by atoms with van der Waals surface area (Å²) in [5.41, 5.74) is 0.377. The molecular weight excluding hydrogens is 389 g/mol. The molecule has 1 saturated carbocycles. The Morgan fingerprint density at radius 2 is 1.86 bits per heavy atom. The molecule has 0 aromatic rings. The van der Waals surface area contributed by atoms with Crippen molar-refractivity contribution in [2.45, 2.75) is 65.2 Å². The Hall–Kier alpha value is -0.0400. The zero-order chi connectivity index (χ0) is 15.4. The predicted molar refractivity (Wildman–Crippen MR) is 106 cm³/mol. The third kappa shape index (κ3) is 8.56. The number of ether oxygens (including phenoxy) is 1. The molecule has 0 radical (unpaired) electrons. The van der Waals surface area contributed by atoms with E-state index in [1.807, 2.05) is 0 Å². The number of unbranched alkanes of at least 4 members (excludes halogenated alkanes) is 2. The van der Waals surface area contributed by atoms with Crippen molar-refractivity contribution in [1.29, 1.82) is 0 Å². The average molecular weight is 425 g/mol. The molecule has 1 fully saturated rings. The second-order valence-electron chi connectivity index (χ2n) is 6.28. The number of hydrogen-bond acceptors (Lipinski definition) is 2. The van der Waals surface area contributed by atoms with E-state index < -0.39 is 0 Å². The summed E-state index contributed by atoms with van der Waals surface area (Å²) in [7, 11) is 1.80. The number of nitrogens with one attached hydrogen (secondary N) is 2. The highest BCUT2D eigenvalue weighted by Gasteiger charge is 2.33. The van der Waals surface area contributed by atoms with Crippen LogP contribution < -0.4 is 10.6 Å². The molecule has 22 heavy (non-hydrogen) atoms. The minimum atomic E-state index is 0. The Labute approximate surface area is 154 Å². The van der Waals surface area contributed by atoms with Crippen molar-refractivity contribution >= 4 is 29.9 Å². The zero-order valence-electron chi connectivity index (χ0n) is 14.7. The molecular formula is C17H36IN3O. The fourth-order valence-electron chi connectivity index (χ4n) is 3.10. The van der Waals surface area contributed by atoms with Gasteiger partial charge in [-0.05, 0) is 38.0 Å². The largest absolute Gasteiger partial charge is 0.385 e. The Bertz CT molecular complexity index is 292. The lowest BCUT2D eigenvalue weighted by molar-refractivity contribution is 0.141. The Kier molecular flexibility index (Phi) is 13.4. The fraction of sp³-hybridized carbons (Fsp3) is 0.941. The first-order valence-corrected chi connectivity index (χ1v) is 8.77. The third-order valence-corrected chi connectivity index (χ3v) is 4.49. The van der Waals surface area contributed by atoms with Crippen molar-refractivity contribution in [2.24, 2.45) is 10.4 Å². The Balaban J connectivity index is 0.00000441. The number of aliphatic imine (C=N–C) groups is 1. The SMILES string of the molecule is CCCCCNC(=NCC1(CCOC)CCCC1)NCC.I. The predicted octanol–water partition coefficient (Wildman–Crippen LogP) is 3.95. The van der Waals surface area contributed by atoms with Crippen LogP contribution in [0.15, 0.2) is 4.99 Å². The van der Waals surface area contributed by atoms with Crippen molar-refractivity contribution in [2.75, 3.05) is 33.4 Å². The second kappa shape index (κ2) is 13.4. The minimum absolute atomic E-state index is 0. The summed E-state index contributed by atoms with van der Waals surface area (Å²) in [6.45, 7) is 8.09. The average Bonchev–Trinajstić information content (AvgIpc) is 2.96. The molecule has 1 aliphatic rings. The molecule has 0 aliphatic heterocycles. The van der Waals surface area contributed by atoms with Crippen molar-refractivity contribution in [1.82, 2.24) is 10.6 Å². The van der Waals surface area contributed by atoms with Gasteiger partial charge in [-0.2, -0.15) is 0 Å². The molecule has 0 aromatic heterocycles. The number of nitrogens with zero attached hydrogens (tertiary/aromatic N) is 1. The Morgan fingerprint density at radius 3 is 2.45 bits per heavy atom. The van der Waals surface area contributed by atoms with Crippen LogP contribution in [0.4, 0.5) is 0 Å². The zero-order valence-corrected chi connectivity index (χ0v) is 17.1.